The second kappa shape index (κ2) is 6.41. The number of halogens is 1. The molecule has 1 aliphatic rings. The van der Waals surface area contributed by atoms with Gasteiger partial charge in [0.1, 0.15) is 11.9 Å². The molecule has 1 atom stereocenters. The molecule has 1 aromatic carbocycles. The number of rotatable bonds is 3. The average Bonchev–Trinajstić information content (AvgIpc) is 3.23. The number of fused-ring (bicyclic) bond motifs is 1. The van der Waals surface area contributed by atoms with E-state index in [1.165, 1.54) is 17.7 Å². The Morgan fingerprint density at radius 3 is 2.92 bits per heavy atom. The Labute approximate surface area is 151 Å². The van der Waals surface area contributed by atoms with Gasteiger partial charge in [0.15, 0.2) is 0 Å². The summed E-state index contributed by atoms with van der Waals surface area (Å²) in [5, 5.41) is 14.5. The molecule has 3 aromatic rings. The molecule has 3 heterocycles. The monoisotopic (exact) mass is 349 g/mol. The second-order valence-electron chi connectivity index (χ2n) is 7.08. The molecule has 0 aliphatic carbocycles. The first-order chi connectivity index (χ1) is 12.5. The predicted molar refractivity (Wildman–Crippen MR) is 98.4 cm³/mol. The van der Waals surface area contributed by atoms with Crippen molar-refractivity contribution < 1.29 is 4.39 Å². The van der Waals surface area contributed by atoms with E-state index in [1.54, 1.807) is 6.20 Å². The van der Waals surface area contributed by atoms with E-state index in [9.17, 15) is 9.65 Å². The van der Waals surface area contributed by atoms with Crippen molar-refractivity contribution in [3.63, 3.8) is 0 Å². The number of nitriles is 1. The molecule has 1 aliphatic heterocycles. The molecule has 0 saturated carbocycles. The smallest absolute Gasteiger partial charge is 0.124 e. The molecule has 0 radical (unpaired) electrons. The number of anilines is 1. The fourth-order valence-corrected chi connectivity index (χ4v) is 3.96. The maximum atomic E-state index is 14.0. The van der Waals surface area contributed by atoms with E-state index in [0.717, 1.165) is 48.1 Å². The molecule has 0 N–H and O–H groups in total. The highest BCUT2D eigenvalue weighted by Crippen LogP contribution is 2.35. The quantitative estimate of drug-likeness (QED) is 0.727. The molecule has 4 rings (SSSR count). The Bertz CT molecular complexity index is 1020. The number of aromatic nitrogens is 3. The minimum Gasteiger partial charge on any atom is -0.370 e. The normalized spacial score (nSPS) is 17.0. The van der Waals surface area contributed by atoms with Crippen molar-refractivity contribution in [2.45, 2.75) is 19.8 Å². The van der Waals surface area contributed by atoms with E-state index in [-0.39, 0.29) is 5.82 Å². The molecule has 0 spiro atoms. The Morgan fingerprint density at radius 1 is 1.35 bits per heavy atom. The van der Waals surface area contributed by atoms with Crippen LogP contribution >= 0.6 is 0 Å². The van der Waals surface area contributed by atoms with Gasteiger partial charge in [0.05, 0.1) is 23.0 Å². The van der Waals surface area contributed by atoms with E-state index >= 15 is 0 Å². The summed E-state index contributed by atoms with van der Waals surface area (Å²) in [4.78, 5) is 6.60. The Balaban J connectivity index is 1.69. The van der Waals surface area contributed by atoms with Crippen molar-refractivity contribution in [3.05, 3.63) is 53.2 Å². The van der Waals surface area contributed by atoms with E-state index in [1.807, 2.05) is 31.0 Å². The third-order valence-corrected chi connectivity index (χ3v) is 5.10. The van der Waals surface area contributed by atoms with Crippen molar-refractivity contribution in [1.29, 1.82) is 5.26 Å². The fourth-order valence-electron chi connectivity index (χ4n) is 3.96. The number of aryl methyl sites for hydroxylation is 2. The van der Waals surface area contributed by atoms with Gasteiger partial charge in [-0.1, -0.05) is 0 Å². The van der Waals surface area contributed by atoms with Crippen molar-refractivity contribution >= 4 is 16.6 Å². The number of hydrogen-bond donors (Lipinski definition) is 0. The summed E-state index contributed by atoms with van der Waals surface area (Å²) >= 11 is 0. The second-order valence-corrected chi connectivity index (χ2v) is 7.08. The van der Waals surface area contributed by atoms with Gasteiger partial charge in [-0.25, -0.2) is 4.39 Å². The summed E-state index contributed by atoms with van der Waals surface area (Å²) in [7, 11) is 1.92. The zero-order valence-electron chi connectivity index (χ0n) is 14.9. The van der Waals surface area contributed by atoms with Gasteiger partial charge in [0.2, 0.25) is 0 Å². The summed E-state index contributed by atoms with van der Waals surface area (Å²) in [6.07, 6.45) is 7.56. The van der Waals surface area contributed by atoms with Crippen molar-refractivity contribution in [1.82, 2.24) is 14.8 Å². The largest absolute Gasteiger partial charge is 0.370 e. The average molecular weight is 349 g/mol. The van der Waals surface area contributed by atoms with Crippen LogP contribution in [0, 0.1) is 30.0 Å². The van der Waals surface area contributed by atoms with Gasteiger partial charge in [-0.3, -0.25) is 9.67 Å². The standard InChI is InChI=1S/C20H20FN5/c1-13-5-17(21)7-18-19(13)23-10-16(8-22)20(18)26-4-3-14(12-26)6-15-9-24-25(2)11-15/h5,7,9-11,14H,3-4,6,12H2,1-2H3. The molecule has 132 valence electrons. The zero-order chi connectivity index (χ0) is 18.3. The van der Waals surface area contributed by atoms with Gasteiger partial charge < -0.3 is 4.90 Å². The summed E-state index contributed by atoms with van der Waals surface area (Å²) in [6.45, 7) is 3.55. The first-order valence-corrected chi connectivity index (χ1v) is 8.76. The van der Waals surface area contributed by atoms with E-state index in [0.29, 0.717) is 11.5 Å². The SMILES string of the molecule is Cc1cc(F)cc2c(N3CCC(Cc4cnn(C)c4)C3)c(C#N)cnc12. The Hall–Kier alpha value is -2.94. The number of benzene rings is 1. The zero-order valence-corrected chi connectivity index (χ0v) is 14.9. The lowest BCUT2D eigenvalue weighted by Gasteiger charge is -2.22. The summed E-state index contributed by atoms with van der Waals surface area (Å²) < 4.78 is 15.8. The third kappa shape index (κ3) is 2.90. The molecule has 1 saturated heterocycles. The molecule has 2 aromatic heterocycles. The van der Waals surface area contributed by atoms with Crippen LogP contribution in [0.3, 0.4) is 0 Å². The minimum absolute atomic E-state index is 0.292. The summed E-state index contributed by atoms with van der Waals surface area (Å²) in [5.74, 6) is 0.197. The van der Waals surface area contributed by atoms with Crippen LogP contribution in [0.5, 0.6) is 0 Å². The molecule has 0 amide bonds. The van der Waals surface area contributed by atoms with Gasteiger partial charge in [0.25, 0.3) is 0 Å². The molecule has 5 nitrogen and oxygen atoms in total. The van der Waals surface area contributed by atoms with Crippen molar-refractivity contribution in [2.75, 3.05) is 18.0 Å². The Morgan fingerprint density at radius 2 is 2.19 bits per heavy atom. The van der Waals surface area contributed by atoms with E-state index in [4.69, 9.17) is 0 Å². The van der Waals surface area contributed by atoms with Crippen LogP contribution in [0.2, 0.25) is 0 Å². The lowest BCUT2D eigenvalue weighted by atomic mass is 10.0. The highest BCUT2D eigenvalue weighted by molar-refractivity contribution is 5.96. The number of hydrogen-bond acceptors (Lipinski definition) is 4. The van der Waals surface area contributed by atoms with Crippen LogP contribution in [0.4, 0.5) is 10.1 Å². The molecule has 1 unspecified atom stereocenters. The summed E-state index contributed by atoms with van der Waals surface area (Å²) in [6, 6.07) is 5.22. The van der Waals surface area contributed by atoms with Crippen LogP contribution in [0.1, 0.15) is 23.1 Å². The molecule has 0 bridgehead atoms. The van der Waals surface area contributed by atoms with Crippen molar-refractivity contribution in [2.24, 2.45) is 13.0 Å². The van der Waals surface area contributed by atoms with Gasteiger partial charge in [0, 0.05) is 37.9 Å². The molecule has 1 fully saturated rings. The van der Waals surface area contributed by atoms with E-state index < -0.39 is 0 Å². The third-order valence-electron chi connectivity index (χ3n) is 5.10. The lowest BCUT2D eigenvalue weighted by Crippen LogP contribution is -2.22. The number of nitrogens with zero attached hydrogens (tertiary/aromatic N) is 5. The maximum Gasteiger partial charge on any atom is 0.124 e. The predicted octanol–water partition coefficient (Wildman–Crippen LogP) is 3.36. The summed E-state index contributed by atoms with van der Waals surface area (Å²) in [5.41, 5.74) is 4.09. The fraction of sp³-hybridized carbons (Fsp3) is 0.350. The lowest BCUT2D eigenvalue weighted by molar-refractivity contribution is 0.586. The van der Waals surface area contributed by atoms with Crippen LogP contribution in [0.25, 0.3) is 10.9 Å². The molecular formula is C20H20FN5. The highest BCUT2D eigenvalue weighted by atomic mass is 19.1. The van der Waals surface area contributed by atoms with Gasteiger partial charge >= 0.3 is 0 Å². The first kappa shape index (κ1) is 16.5. The van der Waals surface area contributed by atoms with E-state index in [2.05, 4.69) is 21.1 Å². The molecule has 6 heteroatoms. The van der Waals surface area contributed by atoms with Crippen molar-refractivity contribution in [3.8, 4) is 6.07 Å². The Kier molecular flexibility index (Phi) is 4.08. The first-order valence-electron chi connectivity index (χ1n) is 8.76. The van der Waals surface area contributed by atoms with Gasteiger partial charge in [-0.05, 0) is 48.9 Å². The van der Waals surface area contributed by atoms with Gasteiger partial charge in [-0.15, -0.1) is 0 Å². The topological polar surface area (TPSA) is 57.7 Å². The van der Waals surface area contributed by atoms with Crippen LogP contribution < -0.4 is 4.90 Å². The van der Waals surface area contributed by atoms with Crippen LogP contribution in [0.15, 0.2) is 30.7 Å². The highest BCUT2D eigenvalue weighted by Gasteiger charge is 2.27. The maximum absolute atomic E-state index is 14.0. The van der Waals surface area contributed by atoms with Crippen LogP contribution in [-0.2, 0) is 13.5 Å². The van der Waals surface area contributed by atoms with Gasteiger partial charge in [-0.2, -0.15) is 10.4 Å². The van der Waals surface area contributed by atoms with Crippen LogP contribution in [-0.4, -0.2) is 27.9 Å². The molecule has 26 heavy (non-hydrogen) atoms. The number of pyridine rings is 1. The molecular weight excluding hydrogens is 329 g/mol. The minimum atomic E-state index is -0.292.